The fourth-order valence-electron chi connectivity index (χ4n) is 4.71. The van der Waals surface area contributed by atoms with E-state index in [9.17, 15) is 9.59 Å². The first-order valence-electron chi connectivity index (χ1n) is 9.99. The van der Waals surface area contributed by atoms with Gasteiger partial charge in [-0.05, 0) is 57.1 Å². The van der Waals surface area contributed by atoms with Crippen LogP contribution < -0.4 is 0 Å². The standard InChI is InChI=1S/C21H29N3O2/c1-15-13-18(15)19(25)23-11-8-21(9-12-23)7-4-10-24(20(21)26)14-17-6-3-5-16(2)22-17/h3,5-6,15,18H,4,7-14H2,1-2H3/t15-,18-/m0/s1. The first kappa shape index (κ1) is 17.5. The fraction of sp³-hybridized carbons (Fsp3) is 0.667. The van der Waals surface area contributed by atoms with Crippen LogP contribution in [0.25, 0.3) is 0 Å². The van der Waals surface area contributed by atoms with Gasteiger partial charge in [0, 0.05) is 31.2 Å². The Morgan fingerprint density at radius 2 is 1.96 bits per heavy atom. The van der Waals surface area contributed by atoms with Gasteiger partial charge in [0.05, 0.1) is 17.7 Å². The van der Waals surface area contributed by atoms with Crippen molar-refractivity contribution in [2.75, 3.05) is 19.6 Å². The Morgan fingerprint density at radius 1 is 1.23 bits per heavy atom. The maximum Gasteiger partial charge on any atom is 0.229 e. The molecule has 5 nitrogen and oxygen atoms in total. The number of aryl methyl sites for hydroxylation is 1. The van der Waals surface area contributed by atoms with Crippen LogP contribution in [0.5, 0.6) is 0 Å². The number of rotatable bonds is 3. The van der Waals surface area contributed by atoms with Gasteiger partial charge in [0.25, 0.3) is 0 Å². The number of carbonyl (C=O) groups is 2. The van der Waals surface area contributed by atoms with E-state index in [1.54, 1.807) is 0 Å². The van der Waals surface area contributed by atoms with Crippen LogP contribution in [0.3, 0.4) is 0 Å². The number of pyridine rings is 1. The minimum atomic E-state index is -0.256. The van der Waals surface area contributed by atoms with Gasteiger partial charge in [0.1, 0.15) is 0 Å². The number of nitrogens with zero attached hydrogens (tertiary/aromatic N) is 3. The smallest absolute Gasteiger partial charge is 0.229 e. The molecular weight excluding hydrogens is 326 g/mol. The van der Waals surface area contributed by atoms with E-state index in [4.69, 9.17) is 0 Å². The molecule has 2 saturated heterocycles. The molecule has 0 unspecified atom stereocenters. The molecule has 2 atom stereocenters. The Kier molecular flexibility index (Phi) is 4.49. The highest BCUT2D eigenvalue weighted by Gasteiger charge is 2.48. The minimum Gasteiger partial charge on any atom is -0.342 e. The molecule has 3 heterocycles. The molecule has 2 aliphatic heterocycles. The van der Waals surface area contributed by atoms with Crippen LogP contribution in [-0.2, 0) is 16.1 Å². The van der Waals surface area contributed by atoms with Gasteiger partial charge in [-0.1, -0.05) is 13.0 Å². The van der Waals surface area contributed by atoms with Gasteiger partial charge in [0.2, 0.25) is 11.8 Å². The van der Waals surface area contributed by atoms with Crippen LogP contribution in [-0.4, -0.2) is 46.2 Å². The highest BCUT2D eigenvalue weighted by atomic mass is 16.2. The lowest BCUT2D eigenvalue weighted by molar-refractivity contribution is -0.153. The summed E-state index contributed by atoms with van der Waals surface area (Å²) in [6, 6.07) is 5.99. The van der Waals surface area contributed by atoms with Crippen LogP contribution >= 0.6 is 0 Å². The largest absolute Gasteiger partial charge is 0.342 e. The summed E-state index contributed by atoms with van der Waals surface area (Å²) in [6.45, 7) is 7.03. The third-order valence-electron chi connectivity index (χ3n) is 6.58. The van der Waals surface area contributed by atoms with E-state index in [0.717, 1.165) is 63.1 Å². The monoisotopic (exact) mass is 355 g/mol. The quantitative estimate of drug-likeness (QED) is 0.838. The predicted molar refractivity (Wildman–Crippen MR) is 99.1 cm³/mol. The first-order chi connectivity index (χ1) is 12.5. The Morgan fingerprint density at radius 3 is 2.62 bits per heavy atom. The second-order valence-corrected chi connectivity index (χ2v) is 8.53. The second-order valence-electron chi connectivity index (χ2n) is 8.53. The summed E-state index contributed by atoms with van der Waals surface area (Å²) in [7, 11) is 0. The molecule has 0 N–H and O–H groups in total. The maximum atomic E-state index is 13.3. The van der Waals surface area contributed by atoms with Crippen LogP contribution in [0.1, 0.15) is 50.4 Å². The number of likely N-dealkylation sites (tertiary alicyclic amines) is 2. The second kappa shape index (κ2) is 6.67. The van der Waals surface area contributed by atoms with E-state index in [0.29, 0.717) is 18.4 Å². The molecule has 0 bridgehead atoms. The highest BCUT2D eigenvalue weighted by Crippen LogP contribution is 2.44. The molecule has 3 fully saturated rings. The number of amides is 2. The summed E-state index contributed by atoms with van der Waals surface area (Å²) in [6.07, 6.45) is 4.68. The average Bonchev–Trinajstić information content (AvgIpc) is 3.36. The van der Waals surface area contributed by atoms with Gasteiger partial charge in [-0.15, -0.1) is 0 Å². The van der Waals surface area contributed by atoms with E-state index in [2.05, 4.69) is 11.9 Å². The molecule has 0 aromatic carbocycles. The molecule has 4 rings (SSSR count). The number of aromatic nitrogens is 1. The normalized spacial score (nSPS) is 27.7. The molecular formula is C21H29N3O2. The molecule has 1 aromatic heterocycles. The van der Waals surface area contributed by atoms with Crippen molar-refractivity contribution >= 4 is 11.8 Å². The Balaban J connectivity index is 1.41. The summed E-state index contributed by atoms with van der Waals surface area (Å²) in [5, 5.41) is 0. The van der Waals surface area contributed by atoms with Crippen molar-refractivity contribution < 1.29 is 9.59 Å². The molecule has 1 aliphatic carbocycles. The molecule has 140 valence electrons. The number of hydrogen-bond acceptors (Lipinski definition) is 3. The van der Waals surface area contributed by atoms with Crippen molar-refractivity contribution in [2.24, 2.45) is 17.3 Å². The lowest BCUT2D eigenvalue weighted by atomic mass is 9.71. The molecule has 1 aromatic rings. The van der Waals surface area contributed by atoms with Crippen molar-refractivity contribution in [1.29, 1.82) is 0 Å². The fourth-order valence-corrected chi connectivity index (χ4v) is 4.71. The summed E-state index contributed by atoms with van der Waals surface area (Å²) in [4.78, 5) is 34.3. The van der Waals surface area contributed by atoms with Gasteiger partial charge < -0.3 is 9.80 Å². The van der Waals surface area contributed by atoms with Gasteiger partial charge in [-0.3, -0.25) is 14.6 Å². The Labute approximate surface area is 155 Å². The molecule has 0 radical (unpaired) electrons. The average molecular weight is 355 g/mol. The van der Waals surface area contributed by atoms with Gasteiger partial charge in [-0.25, -0.2) is 0 Å². The lowest BCUT2D eigenvalue weighted by Crippen LogP contribution is -2.54. The van der Waals surface area contributed by atoms with Crippen LogP contribution in [0.15, 0.2) is 18.2 Å². The molecule has 1 spiro atoms. The van der Waals surface area contributed by atoms with Gasteiger partial charge >= 0.3 is 0 Å². The van der Waals surface area contributed by atoms with Crippen LogP contribution in [0.4, 0.5) is 0 Å². The predicted octanol–water partition coefficient (Wildman–Crippen LogP) is 2.78. The molecule has 26 heavy (non-hydrogen) atoms. The highest BCUT2D eigenvalue weighted by molar-refractivity contribution is 5.85. The van der Waals surface area contributed by atoms with Crippen molar-refractivity contribution in [3.05, 3.63) is 29.6 Å². The van der Waals surface area contributed by atoms with Crippen molar-refractivity contribution in [1.82, 2.24) is 14.8 Å². The molecule has 5 heteroatoms. The SMILES string of the molecule is Cc1cccc(CN2CCCC3(CCN(C(=O)[C@H]4C[C@@H]4C)CC3)C2=O)n1. The zero-order valence-corrected chi connectivity index (χ0v) is 15.9. The van der Waals surface area contributed by atoms with Crippen molar-refractivity contribution in [3.63, 3.8) is 0 Å². The van der Waals surface area contributed by atoms with Gasteiger partial charge in [-0.2, -0.15) is 0 Å². The van der Waals surface area contributed by atoms with Gasteiger partial charge in [0.15, 0.2) is 0 Å². The van der Waals surface area contributed by atoms with Crippen LogP contribution in [0.2, 0.25) is 0 Å². The zero-order valence-electron chi connectivity index (χ0n) is 15.9. The third kappa shape index (κ3) is 3.24. The zero-order chi connectivity index (χ0) is 18.3. The summed E-state index contributed by atoms with van der Waals surface area (Å²) < 4.78 is 0. The molecule has 3 aliphatic rings. The first-order valence-corrected chi connectivity index (χ1v) is 9.99. The summed E-state index contributed by atoms with van der Waals surface area (Å²) >= 11 is 0. The van der Waals surface area contributed by atoms with E-state index >= 15 is 0 Å². The number of hydrogen-bond donors (Lipinski definition) is 0. The lowest BCUT2D eigenvalue weighted by Gasteiger charge is -2.46. The van der Waals surface area contributed by atoms with E-state index < -0.39 is 0 Å². The molecule has 1 saturated carbocycles. The number of carbonyl (C=O) groups excluding carboxylic acids is 2. The number of piperidine rings is 2. The maximum absolute atomic E-state index is 13.3. The van der Waals surface area contributed by atoms with Crippen molar-refractivity contribution in [2.45, 2.75) is 52.5 Å². The van der Waals surface area contributed by atoms with E-state index in [1.807, 2.05) is 34.9 Å². The Bertz CT molecular complexity index is 709. The third-order valence-corrected chi connectivity index (χ3v) is 6.58. The minimum absolute atomic E-state index is 0.245. The topological polar surface area (TPSA) is 53.5 Å². The molecule has 2 amide bonds. The van der Waals surface area contributed by atoms with E-state index in [-0.39, 0.29) is 17.2 Å². The van der Waals surface area contributed by atoms with E-state index in [1.165, 1.54) is 0 Å². The Hall–Kier alpha value is -1.91. The van der Waals surface area contributed by atoms with Crippen molar-refractivity contribution in [3.8, 4) is 0 Å². The van der Waals surface area contributed by atoms with Crippen LogP contribution in [0, 0.1) is 24.2 Å². The summed E-state index contributed by atoms with van der Waals surface area (Å²) in [5.74, 6) is 1.39. The summed E-state index contributed by atoms with van der Waals surface area (Å²) in [5.41, 5.74) is 1.70.